The van der Waals surface area contributed by atoms with E-state index in [0.29, 0.717) is 0 Å². The fourth-order valence-electron chi connectivity index (χ4n) is 1.83. The van der Waals surface area contributed by atoms with Gasteiger partial charge < -0.3 is 5.32 Å². The third-order valence-electron chi connectivity index (χ3n) is 2.81. The van der Waals surface area contributed by atoms with Crippen LogP contribution < -0.4 is 5.32 Å². The predicted octanol–water partition coefficient (Wildman–Crippen LogP) is 5.07. The molecule has 0 saturated carbocycles. The van der Waals surface area contributed by atoms with E-state index in [2.05, 4.69) is 67.3 Å². The summed E-state index contributed by atoms with van der Waals surface area (Å²) in [6.07, 6.45) is 3.08. The average molecular weight is 404 g/mol. The van der Waals surface area contributed by atoms with E-state index >= 15 is 0 Å². The standard InChI is InChI=1S/C14H16Br2N2S/c1-3-6-17-13(10-5-4-9(2)18-8-10)12-7-11(15)14(16)19-12/h4-5,7-8,13,17H,3,6H2,1-2H3. The summed E-state index contributed by atoms with van der Waals surface area (Å²) < 4.78 is 2.24. The largest absolute Gasteiger partial charge is 0.306 e. The third kappa shape index (κ3) is 3.88. The Labute approximate surface area is 134 Å². The topological polar surface area (TPSA) is 24.9 Å². The Kier molecular flexibility index (Phi) is 5.57. The lowest BCUT2D eigenvalue weighted by atomic mass is 10.1. The Hall–Kier alpha value is -0.230. The normalized spacial score (nSPS) is 12.6. The van der Waals surface area contributed by atoms with Gasteiger partial charge >= 0.3 is 0 Å². The average Bonchev–Trinajstić information content (AvgIpc) is 2.72. The highest BCUT2D eigenvalue weighted by Gasteiger charge is 2.17. The maximum absolute atomic E-state index is 4.40. The molecule has 2 aromatic rings. The molecular weight excluding hydrogens is 388 g/mol. The van der Waals surface area contributed by atoms with Crippen molar-refractivity contribution in [1.29, 1.82) is 0 Å². The van der Waals surface area contributed by atoms with E-state index in [0.717, 1.165) is 26.9 Å². The van der Waals surface area contributed by atoms with Crippen LogP contribution in [0, 0.1) is 6.92 Å². The second kappa shape index (κ2) is 6.97. The summed E-state index contributed by atoms with van der Waals surface area (Å²) in [7, 11) is 0. The van der Waals surface area contributed by atoms with E-state index in [1.54, 1.807) is 11.3 Å². The van der Waals surface area contributed by atoms with Crippen molar-refractivity contribution in [2.45, 2.75) is 26.3 Å². The summed E-state index contributed by atoms with van der Waals surface area (Å²) >= 11 is 8.87. The van der Waals surface area contributed by atoms with E-state index in [1.165, 1.54) is 10.4 Å². The van der Waals surface area contributed by atoms with Crippen LogP contribution in [-0.4, -0.2) is 11.5 Å². The highest BCUT2D eigenvalue weighted by Crippen LogP contribution is 2.37. The van der Waals surface area contributed by atoms with Gasteiger partial charge in [-0.3, -0.25) is 4.98 Å². The van der Waals surface area contributed by atoms with E-state index in [4.69, 9.17) is 0 Å². The van der Waals surface area contributed by atoms with E-state index in [-0.39, 0.29) is 6.04 Å². The molecule has 5 heteroatoms. The van der Waals surface area contributed by atoms with Gasteiger partial charge in [0.1, 0.15) is 0 Å². The maximum atomic E-state index is 4.40. The van der Waals surface area contributed by atoms with Gasteiger partial charge in [-0.1, -0.05) is 13.0 Å². The second-order valence-electron chi connectivity index (χ2n) is 4.39. The van der Waals surface area contributed by atoms with E-state index < -0.39 is 0 Å². The predicted molar refractivity (Wildman–Crippen MR) is 88.8 cm³/mol. The van der Waals surface area contributed by atoms with Crippen molar-refractivity contribution in [3.05, 3.63) is 48.8 Å². The number of nitrogens with one attached hydrogen (secondary N) is 1. The lowest BCUT2D eigenvalue weighted by Crippen LogP contribution is -2.22. The van der Waals surface area contributed by atoms with Gasteiger partial charge in [-0.2, -0.15) is 0 Å². The van der Waals surface area contributed by atoms with Gasteiger partial charge in [0.25, 0.3) is 0 Å². The molecule has 0 aliphatic carbocycles. The first-order chi connectivity index (χ1) is 9.11. The Morgan fingerprint density at radius 2 is 2.16 bits per heavy atom. The molecule has 2 rings (SSSR count). The minimum atomic E-state index is 0.209. The first-order valence-corrected chi connectivity index (χ1v) is 8.62. The van der Waals surface area contributed by atoms with Crippen molar-refractivity contribution >= 4 is 43.2 Å². The molecule has 0 fully saturated rings. The number of thiophene rings is 1. The molecule has 0 bridgehead atoms. The molecular formula is C14H16Br2N2S. The molecule has 0 radical (unpaired) electrons. The summed E-state index contributed by atoms with van der Waals surface area (Å²) in [5.74, 6) is 0. The Morgan fingerprint density at radius 1 is 1.37 bits per heavy atom. The van der Waals surface area contributed by atoms with Crippen LogP contribution in [0.15, 0.2) is 32.7 Å². The molecule has 2 heterocycles. The quantitative estimate of drug-likeness (QED) is 0.753. The molecule has 1 atom stereocenters. The van der Waals surface area contributed by atoms with Crippen LogP contribution in [0.25, 0.3) is 0 Å². The number of halogens is 2. The van der Waals surface area contributed by atoms with Gasteiger partial charge in [0, 0.05) is 21.2 Å². The minimum absolute atomic E-state index is 0.209. The molecule has 19 heavy (non-hydrogen) atoms. The first kappa shape index (κ1) is 15.2. The van der Waals surface area contributed by atoms with Crippen molar-refractivity contribution in [3.63, 3.8) is 0 Å². The Bertz CT molecular complexity index is 517. The molecule has 102 valence electrons. The van der Waals surface area contributed by atoms with Gasteiger partial charge in [-0.05, 0) is 69.4 Å². The van der Waals surface area contributed by atoms with Crippen LogP contribution in [0.5, 0.6) is 0 Å². The zero-order chi connectivity index (χ0) is 13.8. The summed E-state index contributed by atoms with van der Waals surface area (Å²) in [5.41, 5.74) is 2.26. The van der Waals surface area contributed by atoms with Crippen LogP contribution in [0.1, 0.15) is 35.5 Å². The molecule has 2 nitrogen and oxygen atoms in total. The zero-order valence-electron chi connectivity index (χ0n) is 10.9. The van der Waals surface area contributed by atoms with Crippen molar-refractivity contribution in [1.82, 2.24) is 10.3 Å². The van der Waals surface area contributed by atoms with Gasteiger partial charge in [0.2, 0.25) is 0 Å². The number of hydrogen-bond acceptors (Lipinski definition) is 3. The third-order valence-corrected chi connectivity index (χ3v) is 6.14. The smallest absolute Gasteiger partial charge is 0.0843 e. The highest BCUT2D eigenvalue weighted by atomic mass is 79.9. The molecule has 0 aliphatic rings. The molecule has 0 spiro atoms. The molecule has 0 aliphatic heterocycles. The highest BCUT2D eigenvalue weighted by molar-refractivity contribution is 9.13. The molecule has 0 amide bonds. The van der Waals surface area contributed by atoms with E-state index in [1.807, 2.05) is 13.1 Å². The maximum Gasteiger partial charge on any atom is 0.0843 e. The number of aryl methyl sites for hydroxylation is 1. The van der Waals surface area contributed by atoms with Crippen molar-refractivity contribution in [2.75, 3.05) is 6.54 Å². The monoisotopic (exact) mass is 402 g/mol. The van der Waals surface area contributed by atoms with Crippen molar-refractivity contribution in [2.24, 2.45) is 0 Å². The van der Waals surface area contributed by atoms with Gasteiger partial charge in [0.15, 0.2) is 0 Å². The van der Waals surface area contributed by atoms with Gasteiger partial charge in [-0.25, -0.2) is 0 Å². The first-order valence-electron chi connectivity index (χ1n) is 6.22. The fraction of sp³-hybridized carbons (Fsp3) is 0.357. The van der Waals surface area contributed by atoms with Crippen molar-refractivity contribution < 1.29 is 0 Å². The number of aromatic nitrogens is 1. The van der Waals surface area contributed by atoms with Gasteiger partial charge in [-0.15, -0.1) is 11.3 Å². The zero-order valence-corrected chi connectivity index (χ0v) is 14.9. The molecule has 1 N–H and O–H groups in total. The molecule has 1 unspecified atom stereocenters. The van der Waals surface area contributed by atoms with Crippen LogP contribution >= 0.6 is 43.2 Å². The number of hydrogen-bond donors (Lipinski definition) is 1. The number of nitrogens with zero attached hydrogens (tertiary/aromatic N) is 1. The van der Waals surface area contributed by atoms with Crippen LogP contribution in [0.3, 0.4) is 0 Å². The SMILES string of the molecule is CCCNC(c1ccc(C)nc1)c1cc(Br)c(Br)s1. The summed E-state index contributed by atoms with van der Waals surface area (Å²) in [5, 5.41) is 3.59. The van der Waals surface area contributed by atoms with Crippen LogP contribution in [0.4, 0.5) is 0 Å². The van der Waals surface area contributed by atoms with Crippen LogP contribution in [0.2, 0.25) is 0 Å². The Balaban J connectivity index is 2.32. The molecule has 0 aromatic carbocycles. The van der Waals surface area contributed by atoms with Crippen LogP contribution in [-0.2, 0) is 0 Å². The fourth-order valence-corrected chi connectivity index (χ4v) is 4.02. The summed E-state index contributed by atoms with van der Waals surface area (Å²) in [4.78, 5) is 5.69. The molecule has 2 aromatic heterocycles. The van der Waals surface area contributed by atoms with Crippen molar-refractivity contribution in [3.8, 4) is 0 Å². The van der Waals surface area contributed by atoms with E-state index in [9.17, 15) is 0 Å². The minimum Gasteiger partial charge on any atom is -0.306 e. The van der Waals surface area contributed by atoms with Gasteiger partial charge in [0.05, 0.1) is 9.83 Å². The second-order valence-corrected chi connectivity index (χ2v) is 7.65. The molecule has 0 saturated heterocycles. The lowest BCUT2D eigenvalue weighted by Gasteiger charge is -2.17. The number of pyridine rings is 1. The number of rotatable bonds is 5. The Morgan fingerprint density at radius 3 is 2.68 bits per heavy atom. The summed E-state index contributed by atoms with van der Waals surface area (Å²) in [6, 6.07) is 6.59. The summed E-state index contributed by atoms with van der Waals surface area (Å²) in [6.45, 7) is 5.18. The lowest BCUT2D eigenvalue weighted by molar-refractivity contribution is 0.604.